The van der Waals surface area contributed by atoms with Gasteiger partial charge in [0.2, 0.25) is 5.91 Å². The second-order valence-corrected chi connectivity index (χ2v) is 5.58. The molecule has 1 aromatic rings. The van der Waals surface area contributed by atoms with E-state index in [-0.39, 0.29) is 11.8 Å². The zero-order valence-corrected chi connectivity index (χ0v) is 12.4. The molecule has 1 saturated carbocycles. The van der Waals surface area contributed by atoms with Crippen LogP contribution in [0, 0.1) is 5.92 Å². The Hall–Kier alpha value is -1.07. The molecule has 0 saturated heterocycles. The van der Waals surface area contributed by atoms with Gasteiger partial charge in [-0.3, -0.25) is 4.79 Å². The lowest BCUT2D eigenvalue weighted by molar-refractivity contribution is -0.122. The zero-order chi connectivity index (χ0) is 13.8. The minimum atomic E-state index is -0.522. The summed E-state index contributed by atoms with van der Waals surface area (Å²) in [7, 11) is 0. The molecule has 1 fully saturated rings. The van der Waals surface area contributed by atoms with E-state index in [1.54, 1.807) is 6.07 Å². The van der Waals surface area contributed by atoms with Gasteiger partial charge in [-0.25, -0.2) is 0 Å². The number of anilines is 1. The van der Waals surface area contributed by atoms with Crippen LogP contribution in [0.25, 0.3) is 0 Å². The van der Waals surface area contributed by atoms with Crippen molar-refractivity contribution < 1.29 is 14.6 Å². The Balaban J connectivity index is 2.11. The highest BCUT2D eigenvalue weighted by Crippen LogP contribution is 2.31. The molecule has 0 spiro atoms. The van der Waals surface area contributed by atoms with Crippen molar-refractivity contribution in [1.82, 2.24) is 0 Å². The minimum Gasteiger partial charge on any atom is -0.492 e. The molecule has 5 heteroatoms. The largest absolute Gasteiger partial charge is 0.492 e. The van der Waals surface area contributed by atoms with Gasteiger partial charge in [-0.15, -0.1) is 0 Å². The molecule has 0 heterocycles. The van der Waals surface area contributed by atoms with Crippen LogP contribution >= 0.6 is 15.9 Å². The lowest BCUT2D eigenvalue weighted by Gasteiger charge is -2.16. The molecule has 2 rings (SSSR count). The van der Waals surface area contributed by atoms with Crippen LogP contribution in [-0.2, 0) is 4.79 Å². The number of nitrogens with one attached hydrogen (secondary N) is 1. The maximum Gasteiger partial charge on any atom is 0.230 e. The molecular formula is C14H18BrNO3. The molecule has 0 aromatic heterocycles. The summed E-state index contributed by atoms with van der Waals surface area (Å²) in [5.74, 6) is 0.198. The molecule has 4 nitrogen and oxygen atoms in total. The number of carbonyl (C=O) groups is 1. The number of aliphatic hydroxyl groups excluding tert-OH is 1. The summed E-state index contributed by atoms with van der Waals surface area (Å²) in [6.45, 7) is 2.43. The van der Waals surface area contributed by atoms with E-state index in [9.17, 15) is 9.90 Å². The molecule has 0 bridgehead atoms. The molecule has 1 amide bonds. The van der Waals surface area contributed by atoms with E-state index in [1.165, 1.54) is 0 Å². The predicted octanol–water partition coefficient (Wildman–Crippen LogP) is 2.95. The van der Waals surface area contributed by atoms with E-state index in [1.807, 2.05) is 19.1 Å². The standard InChI is InChI=1S/C14H18BrNO3/c1-2-19-13-8-9(15)6-7-11(13)16-14(18)10-4-3-5-12(10)17/h6-8,10,12,17H,2-5H2,1H3,(H,16,18). The summed E-state index contributed by atoms with van der Waals surface area (Å²) in [6.07, 6.45) is 1.83. The smallest absolute Gasteiger partial charge is 0.230 e. The number of aliphatic hydroxyl groups is 1. The number of halogens is 1. The highest BCUT2D eigenvalue weighted by molar-refractivity contribution is 9.10. The Morgan fingerprint density at radius 2 is 2.32 bits per heavy atom. The summed E-state index contributed by atoms with van der Waals surface area (Å²) in [6, 6.07) is 5.47. The first-order valence-corrected chi connectivity index (χ1v) is 7.32. The van der Waals surface area contributed by atoms with E-state index >= 15 is 0 Å². The summed E-state index contributed by atoms with van der Waals surface area (Å²) in [4.78, 5) is 12.1. The lowest BCUT2D eigenvalue weighted by Crippen LogP contribution is -2.28. The summed E-state index contributed by atoms with van der Waals surface area (Å²) >= 11 is 3.38. The Bertz CT molecular complexity index is 464. The van der Waals surface area contributed by atoms with Crippen molar-refractivity contribution in [2.45, 2.75) is 32.3 Å². The van der Waals surface area contributed by atoms with E-state index < -0.39 is 6.10 Å². The fraction of sp³-hybridized carbons (Fsp3) is 0.500. The van der Waals surface area contributed by atoms with Crippen molar-refractivity contribution in [3.63, 3.8) is 0 Å². The van der Waals surface area contributed by atoms with E-state index in [0.29, 0.717) is 24.5 Å². The average Bonchev–Trinajstić information content (AvgIpc) is 2.79. The van der Waals surface area contributed by atoms with Gasteiger partial charge in [0.1, 0.15) is 5.75 Å². The molecule has 0 aliphatic heterocycles. The van der Waals surface area contributed by atoms with Gasteiger partial charge in [0, 0.05) is 4.47 Å². The van der Waals surface area contributed by atoms with Crippen molar-refractivity contribution in [3.8, 4) is 5.75 Å². The quantitative estimate of drug-likeness (QED) is 0.893. The molecule has 2 N–H and O–H groups in total. The van der Waals surface area contributed by atoms with Crippen LogP contribution in [0.2, 0.25) is 0 Å². The van der Waals surface area contributed by atoms with Crippen LogP contribution in [-0.4, -0.2) is 23.7 Å². The normalized spacial score (nSPS) is 22.3. The first-order chi connectivity index (χ1) is 9.11. The molecule has 104 valence electrons. The number of amides is 1. The fourth-order valence-corrected chi connectivity index (χ4v) is 2.69. The Kier molecular flexibility index (Phi) is 4.82. The molecular weight excluding hydrogens is 310 g/mol. The van der Waals surface area contributed by atoms with Gasteiger partial charge in [-0.1, -0.05) is 15.9 Å². The first kappa shape index (κ1) is 14.3. The lowest BCUT2D eigenvalue weighted by atomic mass is 10.1. The Morgan fingerprint density at radius 1 is 1.53 bits per heavy atom. The summed E-state index contributed by atoms with van der Waals surface area (Å²) in [5, 5.41) is 12.6. The number of benzene rings is 1. The highest BCUT2D eigenvalue weighted by Gasteiger charge is 2.31. The van der Waals surface area contributed by atoms with Crippen LogP contribution < -0.4 is 10.1 Å². The van der Waals surface area contributed by atoms with E-state index in [2.05, 4.69) is 21.2 Å². The third kappa shape index (κ3) is 3.48. The number of hydrogen-bond acceptors (Lipinski definition) is 3. The molecule has 19 heavy (non-hydrogen) atoms. The SMILES string of the molecule is CCOc1cc(Br)ccc1NC(=O)C1CCCC1O. The molecule has 1 aliphatic carbocycles. The monoisotopic (exact) mass is 327 g/mol. The maximum absolute atomic E-state index is 12.1. The van der Waals surface area contributed by atoms with Gasteiger partial charge in [0.05, 0.1) is 24.3 Å². The highest BCUT2D eigenvalue weighted by atomic mass is 79.9. The predicted molar refractivity (Wildman–Crippen MR) is 77.3 cm³/mol. The Morgan fingerprint density at radius 3 is 2.95 bits per heavy atom. The molecule has 2 unspecified atom stereocenters. The minimum absolute atomic E-state index is 0.131. The molecule has 0 radical (unpaired) electrons. The van der Waals surface area contributed by atoms with Crippen molar-refractivity contribution >= 4 is 27.5 Å². The van der Waals surface area contributed by atoms with Gasteiger partial charge in [-0.2, -0.15) is 0 Å². The number of hydrogen-bond donors (Lipinski definition) is 2. The van der Waals surface area contributed by atoms with Crippen molar-refractivity contribution in [2.75, 3.05) is 11.9 Å². The zero-order valence-electron chi connectivity index (χ0n) is 10.9. The van der Waals surface area contributed by atoms with Crippen LogP contribution in [0.1, 0.15) is 26.2 Å². The fourth-order valence-electron chi connectivity index (χ4n) is 2.35. The van der Waals surface area contributed by atoms with Crippen molar-refractivity contribution in [1.29, 1.82) is 0 Å². The maximum atomic E-state index is 12.1. The van der Waals surface area contributed by atoms with Gasteiger partial charge in [0.15, 0.2) is 0 Å². The molecule has 1 aliphatic rings. The van der Waals surface area contributed by atoms with Crippen LogP contribution in [0.4, 0.5) is 5.69 Å². The summed E-state index contributed by atoms with van der Waals surface area (Å²) in [5.41, 5.74) is 0.647. The van der Waals surface area contributed by atoms with Crippen LogP contribution in [0.5, 0.6) is 5.75 Å². The van der Waals surface area contributed by atoms with Gasteiger partial charge in [0.25, 0.3) is 0 Å². The number of rotatable bonds is 4. The van der Waals surface area contributed by atoms with E-state index in [4.69, 9.17) is 4.74 Å². The van der Waals surface area contributed by atoms with Crippen LogP contribution in [0.15, 0.2) is 22.7 Å². The van der Waals surface area contributed by atoms with Gasteiger partial charge >= 0.3 is 0 Å². The Labute approximate surface area is 121 Å². The van der Waals surface area contributed by atoms with Crippen molar-refractivity contribution in [3.05, 3.63) is 22.7 Å². The number of carbonyl (C=O) groups excluding carboxylic acids is 1. The first-order valence-electron chi connectivity index (χ1n) is 6.53. The van der Waals surface area contributed by atoms with E-state index in [0.717, 1.165) is 17.3 Å². The average molecular weight is 328 g/mol. The summed E-state index contributed by atoms with van der Waals surface area (Å²) < 4.78 is 6.40. The third-order valence-corrected chi connectivity index (χ3v) is 3.81. The third-order valence-electron chi connectivity index (χ3n) is 3.32. The second-order valence-electron chi connectivity index (χ2n) is 4.67. The topological polar surface area (TPSA) is 58.6 Å². The number of ether oxygens (including phenoxy) is 1. The van der Waals surface area contributed by atoms with Gasteiger partial charge in [-0.05, 0) is 44.4 Å². The molecule has 2 atom stereocenters. The second kappa shape index (κ2) is 6.39. The van der Waals surface area contributed by atoms with Crippen molar-refractivity contribution in [2.24, 2.45) is 5.92 Å². The van der Waals surface area contributed by atoms with Crippen LogP contribution in [0.3, 0.4) is 0 Å². The van der Waals surface area contributed by atoms with Gasteiger partial charge < -0.3 is 15.2 Å². The molecule has 1 aromatic carbocycles.